The molecule has 4 aromatic rings. The average Bonchev–Trinajstić information content (AvgIpc) is 3.26. The van der Waals surface area contributed by atoms with Gasteiger partial charge in [0, 0.05) is 29.7 Å². The van der Waals surface area contributed by atoms with Crippen molar-refractivity contribution in [3.63, 3.8) is 0 Å². The number of carbonyl (C=O) groups excluding carboxylic acids is 1. The molecule has 0 atom stereocenters. The highest BCUT2D eigenvalue weighted by molar-refractivity contribution is 5.89. The van der Waals surface area contributed by atoms with Crippen molar-refractivity contribution in [2.75, 3.05) is 0 Å². The quantitative estimate of drug-likeness (QED) is 0.359. The van der Waals surface area contributed by atoms with Crippen molar-refractivity contribution < 1.29 is 14.1 Å². The van der Waals surface area contributed by atoms with Gasteiger partial charge in [0.2, 0.25) is 5.82 Å². The summed E-state index contributed by atoms with van der Waals surface area (Å²) in [5, 5.41) is 4.00. The van der Waals surface area contributed by atoms with Crippen molar-refractivity contribution in [1.82, 2.24) is 20.1 Å². The second-order valence-corrected chi connectivity index (χ2v) is 6.37. The van der Waals surface area contributed by atoms with Gasteiger partial charge in [-0.2, -0.15) is 4.98 Å². The second kappa shape index (κ2) is 8.43. The molecule has 7 nitrogen and oxygen atoms in total. The normalized spacial score (nSPS) is 10.7. The van der Waals surface area contributed by atoms with Crippen LogP contribution in [0, 0.1) is 0 Å². The number of benzene rings is 1. The van der Waals surface area contributed by atoms with Crippen LogP contribution in [0.2, 0.25) is 0 Å². The second-order valence-electron chi connectivity index (χ2n) is 6.37. The number of ether oxygens (including phenoxy) is 1. The van der Waals surface area contributed by atoms with Crippen LogP contribution in [0.4, 0.5) is 0 Å². The largest absolute Gasteiger partial charge is 0.422 e. The van der Waals surface area contributed by atoms with E-state index >= 15 is 0 Å². The molecule has 0 N–H and O–H groups in total. The fraction of sp³-hybridized carbons (Fsp3) is 0.136. The highest BCUT2D eigenvalue weighted by Gasteiger charge is 2.13. The summed E-state index contributed by atoms with van der Waals surface area (Å²) in [5.74, 6) is 0.773. The third-order valence-corrected chi connectivity index (χ3v) is 4.25. The molecule has 3 heterocycles. The van der Waals surface area contributed by atoms with E-state index in [0.717, 1.165) is 29.5 Å². The van der Waals surface area contributed by atoms with Gasteiger partial charge in [-0.25, -0.2) is 9.78 Å². The Bertz CT molecular complexity index is 1090. The Morgan fingerprint density at radius 1 is 1.00 bits per heavy atom. The maximum absolute atomic E-state index is 12.3. The lowest BCUT2D eigenvalue weighted by molar-refractivity contribution is 0.0728. The van der Waals surface area contributed by atoms with E-state index in [1.165, 1.54) is 0 Å². The Morgan fingerprint density at radius 3 is 2.48 bits per heavy atom. The third-order valence-electron chi connectivity index (χ3n) is 4.25. The number of nitrogens with zero attached hydrogens (tertiary/aromatic N) is 4. The average molecular weight is 386 g/mol. The lowest BCUT2D eigenvalue weighted by Crippen LogP contribution is -2.10. The Morgan fingerprint density at radius 2 is 1.79 bits per heavy atom. The Balaban J connectivity index is 1.44. The predicted molar refractivity (Wildman–Crippen MR) is 106 cm³/mol. The van der Waals surface area contributed by atoms with Gasteiger partial charge in [-0.3, -0.25) is 4.98 Å². The molecule has 0 radical (unpaired) electrons. The summed E-state index contributed by atoms with van der Waals surface area (Å²) in [4.78, 5) is 24.8. The molecule has 144 valence electrons. The molecule has 0 aliphatic heterocycles. The van der Waals surface area contributed by atoms with Crippen LogP contribution in [0.3, 0.4) is 0 Å². The molecule has 0 aliphatic rings. The van der Waals surface area contributed by atoms with Crippen molar-refractivity contribution in [2.45, 2.75) is 19.8 Å². The van der Waals surface area contributed by atoms with Gasteiger partial charge in [0.15, 0.2) is 0 Å². The van der Waals surface area contributed by atoms with E-state index in [1.807, 2.05) is 6.07 Å². The maximum Gasteiger partial charge on any atom is 0.362 e. The molecule has 0 amide bonds. The summed E-state index contributed by atoms with van der Waals surface area (Å²) in [6.45, 7) is 2.10. The minimum atomic E-state index is -0.500. The molecule has 3 aromatic heterocycles. The molecule has 0 bridgehead atoms. The summed E-state index contributed by atoms with van der Waals surface area (Å²) in [7, 11) is 0. The number of aryl methyl sites for hydroxylation is 1. The molecule has 0 spiro atoms. The van der Waals surface area contributed by atoms with Crippen LogP contribution in [0.15, 0.2) is 71.6 Å². The van der Waals surface area contributed by atoms with Crippen LogP contribution in [0.25, 0.3) is 22.8 Å². The summed E-state index contributed by atoms with van der Waals surface area (Å²) in [6.07, 6.45) is 6.99. The van der Waals surface area contributed by atoms with Gasteiger partial charge in [0.1, 0.15) is 11.4 Å². The van der Waals surface area contributed by atoms with Gasteiger partial charge in [-0.05, 0) is 54.4 Å². The van der Waals surface area contributed by atoms with Crippen LogP contribution in [0.5, 0.6) is 5.75 Å². The molecule has 0 unspecified atom stereocenters. The molecule has 0 fully saturated rings. The Labute approximate surface area is 167 Å². The number of rotatable bonds is 6. The number of carbonyl (C=O) groups is 1. The Hall–Kier alpha value is -3.87. The number of aromatic nitrogens is 4. The monoisotopic (exact) mass is 386 g/mol. The van der Waals surface area contributed by atoms with Crippen molar-refractivity contribution in [2.24, 2.45) is 0 Å². The van der Waals surface area contributed by atoms with Crippen LogP contribution in [0.1, 0.15) is 29.4 Å². The number of esters is 1. The summed E-state index contributed by atoms with van der Waals surface area (Å²) >= 11 is 0. The van der Waals surface area contributed by atoms with Gasteiger partial charge >= 0.3 is 5.97 Å². The lowest BCUT2D eigenvalue weighted by Gasteiger charge is -2.05. The lowest BCUT2D eigenvalue weighted by atomic mass is 10.1. The highest BCUT2D eigenvalue weighted by atomic mass is 16.5. The van der Waals surface area contributed by atoms with Gasteiger partial charge in [-0.15, -0.1) is 0 Å². The SMILES string of the molecule is CCCc1ccc(C(=O)Oc2ccc(-c3noc(-c4ccncc4)n3)cc2)nc1. The van der Waals surface area contributed by atoms with Gasteiger partial charge in [-0.1, -0.05) is 24.6 Å². The molecule has 0 saturated heterocycles. The zero-order valence-electron chi connectivity index (χ0n) is 15.8. The third kappa shape index (κ3) is 4.35. The fourth-order valence-electron chi connectivity index (χ4n) is 2.77. The standard InChI is InChI=1S/C22H18N4O3/c1-2-3-15-4-9-19(24-14-15)22(27)28-18-7-5-16(6-8-18)20-25-21(29-26-20)17-10-12-23-13-11-17/h4-14H,2-3H2,1H3. The first-order chi connectivity index (χ1) is 14.2. The molecular weight excluding hydrogens is 368 g/mol. The van der Waals surface area contributed by atoms with Crippen LogP contribution in [-0.2, 0) is 6.42 Å². The zero-order chi connectivity index (χ0) is 20.1. The van der Waals surface area contributed by atoms with E-state index in [-0.39, 0.29) is 5.69 Å². The first kappa shape index (κ1) is 18.5. The predicted octanol–water partition coefficient (Wildman–Crippen LogP) is 4.37. The summed E-state index contributed by atoms with van der Waals surface area (Å²) in [6, 6.07) is 14.1. The summed E-state index contributed by atoms with van der Waals surface area (Å²) < 4.78 is 10.7. The van der Waals surface area contributed by atoms with E-state index in [2.05, 4.69) is 27.0 Å². The minimum absolute atomic E-state index is 0.272. The van der Waals surface area contributed by atoms with E-state index in [9.17, 15) is 4.79 Å². The highest BCUT2D eigenvalue weighted by Crippen LogP contribution is 2.24. The van der Waals surface area contributed by atoms with Crippen molar-refractivity contribution >= 4 is 5.97 Å². The zero-order valence-corrected chi connectivity index (χ0v) is 15.8. The maximum atomic E-state index is 12.3. The minimum Gasteiger partial charge on any atom is -0.422 e. The van der Waals surface area contributed by atoms with Crippen molar-refractivity contribution in [1.29, 1.82) is 0 Å². The van der Waals surface area contributed by atoms with E-state index in [4.69, 9.17) is 9.26 Å². The number of pyridine rings is 2. The van der Waals surface area contributed by atoms with E-state index < -0.39 is 5.97 Å². The number of hydrogen-bond donors (Lipinski definition) is 0. The Kier molecular flexibility index (Phi) is 5.38. The first-order valence-electron chi connectivity index (χ1n) is 9.24. The molecule has 1 aromatic carbocycles. The van der Waals surface area contributed by atoms with Crippen LogP contribution >= 0.6 is 0 Å². The van der Waals surface area contributed by atoms with Gasteiger partial charge in [0.25, 0.3) is 5.89 Å². The molecule has 0 aliphatic carbocycles. The van der Waals surface area contributed by atoms with Gasteiger partial charge < -0.3 is 9.26 Å². The topological polar surface area (TPSA) is 91.0 Å². The van der Waals surface area contributed by atoms with Gasteiger partial charge in [0.05, 0.1) is 0 Å². The first-order valence-corrected chi connectivity index (χ1v) is 9.24. The molecular formula is C22H18N4O3. The van der Waals surface area contributed by atoms with Crippen LogP contribution in [-0.4, -0.2) is 26.1 Å². The van der Waals surface area contributed by atoms with E-state index in [0.29, 0.717) is 17.5 Å². The molecule has 0 saturated carbocycles. The molecule has 4 rings (SSSR count). The van der Waals surface area contributed by atoms with E-state index in [1.54, 1.807) is 61.1 Å². The smallest absolute Gasteiger partial charge is 0.362 e. The van der Waals surface area contributed by atoms with Crippen LogP contribution < -0.4 is 4.74 Å². The van der Waals surface area contributed by atoms with Crippen molar-refractivity contribution in [3.05, 3.63) is 78.4 Å². The summed E-state index contributed by atoms with van der Waals surface area (Å²) in [5.41, 5.74) is 2.91. The molecule has 29 heavy (non-hydrogen) atoms. The number of hydrogen-bond acceptors (Lipinski definition) is 7. The van der Waals surface area contributed by atoms with Crippen molar-refractivity contribution in [3.8, 4) is 28.6 Å². The fourth-order valence-corrected chi connectivity index (χ4v) is 2.77. The molecule has 7 heteroatoms.